The van der Waals surface area contributed by atoms with Crippen LogP contribution in [0, 0.1) is 5.92 Å². The van der Waals surface area contributed by atoms with E-state index in [4.69, 9.17) is 36.1 Å². The number of nitrogens with one attached hydrogen (secondary N) is 2. The van der Waals surface area contributed by atoms with Gasteiger partial charge in [-0.15, -0.1) is 0 Å². The highest BCUT2D eigenvalue weighted by atomic mass is 32.1. The monoisotopic (exact) mass is 692 g/mol. The molecule has 2 N–H and O–H groups in total. The highest BCUT2D eigenvalue weighted by Gasteiger charge is 2.43. The molecule has 264 valence electrons. The Hall–Kier alpha value is -4.45. The molecule has 2 amide bonds. The molecule has 0 radical (unpaired) electrons. The van der Waals surface area contributed by atoms with Crippen molar-refractivity contribution in [1.82, 2.24) is 20.5 Å². The molecule has 0 aliphatic carbocycles. The van der Waals surface area contributed by atoms with Crippen molar-refractivity contribution in [1.29, 1.82) is 0 Å². The molecule has 49 heavy (non-hydrogen) atoms. The van der Waals surface area contributed by atoms with Crippen LogP contribution in [0.4, 0.5) is 4.79 Å². The van der Waals surface area contributed by atoms with E-state index >= 15 is 0 Å². The Kier molecular flexibility index (Phi) is 12.4. The zero-order valence-electron chi connectivity index (χ0n) is 29.6. The Morgan fingerprint density at radius 2 is 1.76 bits per heavy atom. The van der Waals surface area contributed by atoms with Gasteiger partial charge in [0.2, 0.25) is 5.91 Å². The first-order chi connectivity index (χ1) is 23.2. The minimum atomic E-state index is -0.898. The lowest BCUT2D eigenvalue weighted by atomic mass is 10.0. The summed E-state index contributed by atoms with van der Waals surface area (Å²) in [7, 11) is 2.94. The predicted molar refractivity (Wildman–Crippen MR) is 193 cm³/mol. The number of esters is 1. The van der Waals surface area contributed by atoms with Crippen molar-refractivity contribution in [2.45, 2.75) is 90.6 Å². The number of fused-ring (bicyclic) bond motifs is 1. The summed E-state index contributed by atoms with van der Waals surface area (Å²) < 4.78 is 22.7. The maximum Gasteiger partial charge on any atom is 0.408 e. The number of rotatable bonds is 12. The SMILES string of the molecule is CCCC(NC(=S)[C@@H]1CC(Oc2cc(-c3ccccc3)nc3cc(OC)ccc23)CN1C(=O)[C@@H](NC(=O)OC(C)(C)C)C(C)C)C(=O)OC. The zero-order chi connectivity index (χ0) is 35.9. The maximum absolute atomic E-state index is 14.3. The van der Waals surface area contributed by atoms with Crippen molar-refractivity contribution in [3.05, 3.63) is 54.6 Å². The van der Waals surface area contributed by atoms with Crippen molar-refractivity contribution >= 4 is 46.1 Å². The Balaban J connectivity index is 1.70. The van der Waals surface area contributed by atoms with Crippen LogP contribution in [0.1, 0.15) is 60.8 Å². The van der Waals surface area contributed by atoms with Crippen LogP contribution in [-0.2, 0) is 19.1 Å². The highest BCUT2D eigenvalue weighted by Crippen LogP contribution is 2.35. The van der Waals surface area contributed by atoms with Crippen molar-refractivity contribution < 1.29 is 33.3 Å². The summed E-state index contributed by atoms with van der Waals surface area (Å²) in [5.41, 5.74) is 1.59. The molecule has 1 saturated heterocycles. The average Bonchev–Trinajstić information content (AvgIpc) is 3.49. The van der Waals surface area contributed by atoms with E-state index in [2.05, 4.69) is 10.6 Å². The molecule has 1 fully saturated rings. The normalized spacial score (nSPS) is 17.3. The van der Waals surface area contributed by atoms with E-state index in [9.17, 15) is 14.4 Å². The summed E-state index contributed by atoms with van der Waals surface area (Å²) in [5, 5.41) is 6.72. The van der Waals surface area contributed by atoms with Gasteiger partial charge in [0, 0.05) is 29.5 Å². The summed E-state index contributed by atoms with van der Waals surface area (Å²) in [6, 6.07) is 15.1. The summed E-state index contributed by atoms with van der Waals surface area (Å²) in [6.45, 7) is 11.1. The third-order valence-corrected chi connectivity index (χ3v) is 8.57. The van der Waals surface area contributed by atoms with Gasteiger partial charge in [-0.3, -0.25) is 4.79 Å². The van der Waals surface area contributed by atoms with Gasteiger partial charge in [0.05, 0.1) is 43.0 Å². The van der Waals surface area contributed by atoms with Crippen LogP contribution in [0.25, 0.3) is 22.2 Å². The lowest BCUT2D eigenvalue weighted by molar-refractivity contribution is -0.142. The number of hydrogen-bond acceptors (Lipinski definition) is 9. The van der Waals surface area contributed by atoms with Crippen LogP contribution in [0.3, 0.4) is 0 Å². The first-order valence-corrected chi connectivity index (χ1v) is 17.0. The number of carbonyl (C=O) groups excluding carboxylic acids is 3. The third-order valence-electron chi connectivity index (χ3n) is 8.18. The molecule has 2 heterocycles. The number of benzene rings is 2. The molecule has 1 aromatic heterocycles. The van der Waals surface area contributed by atoms with Gasteiger partial charge in [0.15, 0.2) is 0 Å². The molecule has 0 bridgehead atoms. The second-order valence-corrected chi connectivity index (χ2v) is 13.9. The number of aromatic nitrogens is 1. The first-order valence-electron chi connectivity index (χ1n) is 16.6. The van der Waals surface area contributed by atoms with Gasteiger partial charge in [0.1, 0.15) is 35.3 Å². The number of nitrogens with zero attached hydrogens (tertiary/aromatic N) is 2. The Morgan fingerprint density at radius 1 is 1.04 bits per heavy atom. The van der Waals surface area contributed by atoms with E-state index in [-0.39, 0.29) is 18.4 Å². The molecule has 1 aliphatic heterocycles. The van der Waals surface area contributed by atoms with Gasteiger partial charge < -0.3 is 34.5 Å². The molecular weight excluding hydrogens is 644 g/mol. The standard InChI is InChI=1S/C37H48N4O7S/c1-9-13-27(35(43)46-8)39-33(49)30-19-25(21-41(30)34(42)32(22(2)3)40-36(44)48-37(4,5)6)47-31-20-28(23-14-11-10-12-15-23)38-29-18-24(45-7)16-17-26(29)31/h10-12,14-18,20,22,25,27,30,32H,9,13,19,21H2,1-8H3,(H,39,49)(H,40,44)/t25?,27?,30-,32-/m0/s1. The lowest BCUT2D eigenvalue weighted by Crippen LogP contribution is -2.56. The van der Waals surface area contributed by atoms with Crippen LogP contribution < -0.4 is 20.1 Å². The molecule has 1 aliphatic rings. The number of amides is 2. The smallest absolute Gasteiger partial charge is 0.408 e. The van der Waals surface area contributed by atoms with Crippen molar-refractivity contribution in [2.75, 3.05) is 20.8 Å². The molecule has 2 aromatic carbocycles. The van der Waals surface area contributed by atoms with Gasteiger partial charge >= 0.3 is 12.1 Å². The summed E-state index contributed by atoms with van der Waals surface area (Å²) in [4.78, 5) is 46.6. The lowest BCUT2D eigenvalue weighted by Gasteiger charge is -2.32. The van der Waals surface area contributed by atoms with Crippen molar-refractivity contribution in [2.24, 2.45) is 5.92 Å². The molecule has 0 spiro atoms. The summed E-state index contributed by atoms with van der Waals surface area (Å²) in [6.07, 6.45) is 0.381. The summed E-state index contributed by atoms with van der Waals surface area (Å²) >= 11 is 5.88. The second-order valence-electron chi connectivity index (χ2n) is 13.5. The quantitative estimate of drug-likeness (QED) is 0.171. The molecule has 3 aromatic rings. The van der Waals surface area contributed by atoms with Crippen molar-refractivity contribution in [3.63, 3.8) is 0 Å². The molecule has 4 atom stereocenters. The number of methoxy groups -OCH3 is 2. The summed E-state index contributed by atoms with van der Waals surface area (Å²) in [5.74, 6) is 0.216. The van der Waals surface area contributed by atoms with E-state index in [1.54, 1.807) is 32.8 Å². The number of likely N-dealkylation sites (tertiary alicyclic amines) is 1. The molecular formula is C37H48N4O7S. The van der Waals surface area contributed by atoms with Gasteiger partial charge in [-0.25, -0.2) is 14.6 Å². The minimum Gasteiger partial charge on any atom is -0.497 e. The van der Waals surface area contributed by atoms with E-state index in [0.717, 1.165) is 16.6 Å². The molecule has 11 nitrogen and oxygen atoms in total. The second kappa shape index (κ2) is 16.3. The molecule has 2 unspecified atom stereocenters. The first kappa shape index (κ1) is 37.4. The molecule has 0 saturated carbocycles. The number of pyridine rings is 1. The van der Waals surface area contributed by atoms with E-state index in [1.165, 1.54) is 7.11 Å². The van der Waals surface area contributed by atoms with Crippen LogP contribution in [0.5, 0.6) is 11.5 Å². The van der Waals surface area contributed by atoms with Crippen LogP contribution >= 0.6 is 12.2 Å². The third kappa shape index (κ3) is 9.59. The minimum absolute atomic E-state index is 0.182. The van der Waals surface area contributed by atoms with Gasteiger partial charge in [-0.1, -0.05) is 69.7 Å². The number of alkyl carbamates (subject to hydrolysis) is 1. The fraction of sp³-hybridized carbons (Fsp3) is 0.486. The average molecular weight is 693 g/mol. The number of ether oxygens (including phenoxy) is 4. The van der Waals surface area contributed by atoms with Crippen LogP contribution in [0.2, 0.25) is 0 Å². The molecule has 4 rings (SSSR count). The largest absolute Gasteiger partial charge is 0.497 e. The maximum atomic E-state index is 14.3. The van der Waals surface area contributed by atoms with Gasteiger partial charge in [-0.05, 0) is 45.2 Å². The fourth-order valence-electron chi connectivity index (χ4n) is 5.79. The number of hydrogen-bond donors (Lipinski definition) is 2. The van der Waals surface area contributed by atoms with Crippen LogP contribution in [0.15, 0.2) is 54.6 Å². The van der Waals surface area contributed by atoms with E-state index in [0.29, 0.717) is 41.3 Å². The van der Waals surface area contributed by atoms with Gasteiger partial charge in [-0.2, -0.15) is 0 Å². The van der Waals surface area contributed by atoms with E-state index < -0.39 is 41.9 Å². The Bertz CT molecular complexity index is 1640. The van der Waals surface area contributed by atoms with Gasteiger partial charge in [0.25, 0.3) is 0 Å². The predicted octanol–water partition coefficient (Wildman–Crippen LogP) is 6.07. The van der Waals surface area contributed by atoms with Crippen molar-refractivity contribution in [3.8, 4) is 22.8 Å². The highest BCUT2D eigenvalue weighted by molar-refractivity contribution is 7.80. The Labute approximate surface area is 294 Å². The molecule has 12 heteroatoms. The van der Waals surface area contributed by atoms with E-state index in [1.807, 2.05) is 75.4 Å². The Morgan fingerprint density at radius 3 is 2.37 bits per heavy atom. The number of carbonyl (C=O) groups is 3. The van der Waals surface area contributed by atoms with Crippen LogP contribution in [-0.4, -0.2) is 83.4 Å². The fourth-order valence-corrected chi connectivity index (χ4v) is 6.15. The topological polar surface area (TPSA) is 128 Å². The number of thiocarbonyl (C=S) groups is 1. The zero-order valence-corrected chi connectivity index (χ0v) is 30.4.